The molecular weight excluding hydrogens is 328 g/mol. The monoisotopic (exact) mass is 354 g/mol. The summed E-state index contributed by atoms with van der Waals surface area (Å²) in [5.74, 6) is 0. The molecule has 0 bridgehead atoms. The summed E-state index contributed by atoms with van der Waals surface area (Å²) in [5.41, 5.74) is 8.40. The molecule has 21 heavy (non-hydrogen) atoms. The van der Waals surface area contributed by atoms with Crippen LogP contribution in [0.15, 0.2) is 22.7 Å². The molecule has 2 rings (SSSR count). The van der Waals surface area contributed by atoms with Crippen molar-refractivity contribution in [2.45, 2.75) is 13.0 Å². The number of nitrogens with two attached hydrogens (primary N) is 1. The third-order valence-electron chi connectivity index (χ3n) is 4.07. The van der Waals surface area contributed by atoms with E-state index in [4.69, 9.17) is 5.73 Å². The normalized spacial score (nSPS) is 18.3. The van der Waals surface area contributed by atoms with Gasteiger partial charge in [-0.05, 0) is 54.6 Å². The zero-order chi connectivity index (χ0) is 15.4. The molecule has 1 aromatic rings. The van der Waals surface area contributed by atoms with Gasteiger partial charge in [-0.2, -0.15) is 0 Å². The zero-order valence-corrected chi connectivity index (χ0v) is 14.9. The zero-order valence-electron chi connectivity index (χ0n) is 13.3. The van der Waals surface area contributed by atoms with Gasteiger partial charge in [-0.3, -0.25) is 4.90 Å². The maximum absolute atomic E-state index is 5.94. The van der Waals surface area contributed by atoms with Gasteiger partial charge in [0.15, 0.2) is 0 Å². The highest BCUT2D eigenvalue weighted by atomic mass is 79.9. The minimum atomic E-state index is 0.0817. The summed E-state index contributed by atoms with van der Waals surface area (Å²) in [5, 5.41) is 0. The van der Waals surface area contributed by atoms with Crippen molar-refractivity contribution in [2.24, 2.45) is 5.73 Å². The van der Waals surface area contributed by atoms with Crippen molar-refractivity contribution in [1.82, 2.24) is 9.80 Å². The van der Waals surface area contributed by atoms with Crippen LogP contribution in [0.2, 0.25) is 0 Å². The van der Waals surface area contributed by atoms with Crippen molar-refractivity contribution < 1.29 is 0 Å². The highest BCUT2D eigenvalue weighted by Gasteiger charge is 2.19. The molecule has 1 aromatic carbocycles. The van der Waals surface area contributed by atoms with E-state index < -0.39 is 0 Å². The van der Waals surface area contributed by atoms with Gasteiger partial charge in [0.1, 0.15) is 0 Å². The van der Waals surface area contributed by atoms with E-state index in [0.29, 0.717) is 0 Å². The van der Waals surface area contributed by atoms with Gasteiger partial charge in [-0.25, -0.2) is 0 Å². The lowest BCUT2D eigenvalue weighted by Gasteiger charge is -2.37. The number of anilines is 1. The van der Waals surface area contributed by atoms with Crippen LogP contribution in [0.25, 0.3) is 0 Å². The Bertz CT molecular complexity index is 454. The molecule has 1 aliphatic heterocycles. The van der Waals surface area contributed by atoms with E-state index >= 15 is 0 Å². The molecule has 5 heteroatoms. The van der Waals surface area contributed by atoms with Crippen LogP contribution in [0, 0.1) is 0 Å². The number of piperazine rings is 1. The van der Waals surface area contributed by atoms with Crippen LogP contribution in [0.1, 0.15) is 18.5 Å². The molecule has 0 amide bonds. The van der Waals surface area contributed by atoms with Crippen molar-refractivity contribution in [2.75, 3.05) is 58.3 Å². The van der Waals surface area contributed by atoms with Crippen LogP contribution in [0.4, 0.5) is 5.69 Å². The van der Waals surface area contributed by atoms with Crippen LogP contribution in [-0.4, -0.2) is 63.2 Å². The minimum absolute atomic E-state index is 0.0817. The molecule has 1 heterocycles. The van der Waals surface area contributed by atoms with Crippen LogP contribution >= 0.6 is 15.9 Å². The first-order valence-corrected chi connectivity index (χ1v) is 8.43. The maximum Gasteiger partial charge on any atom is 0.0511 e. The van der Waals surface area contributed by atoms with E-state index in [1.807, 2.05) is 6.92 Å². The van der Waals surface area contributed by atoms with Crippen molar-refractivity contribution in [1.29, 1.82) is 0 Å². The average molecular weight is 355 g/mol. The van der Waals surface area contributed by atoms with Gasteiger partial charge in [0.05, 0.1) is 5.69 Å². The fraction of sp³-hybridized carbons (Fsp3) is 0.625. The van der Waals surface area contributed by atoms with E-state index in [2.05, 4.69) is 62.9 Å². The Morgan fingerprint density at radius 2 is 1.90 bits per heavy atom. The maximum atomic E-state index is 5.94. The van der Waals surface area contributed by atoms with E-state index in [-0.39, 0.29) is 6.04 Å². The Morgan fingerprint density at radius 1 is 1.24 bits per heavy atom. The smallest absolute Gasteiger partial charge is 0.0511 e. The Hall–Kier alpha value is -0.620. The quantitative estimate of drug-likeness (QED) is 0.878. The fourth-order valence-corrected chi connectivity index (χ4v) is 3.26. The van der Waals surface area contributed by atoms with Crippen molar-refractivity contribution in [3.05, 3.63) is 28.2 Å². The molecule has 2 N–H and O–H groups in total. The van der Waals surface area contributed by atoms with Gasteiger partial charge < -0.3 is 15.5 Å². The molecule has 0 radical (unpaired) electrons. The van der Waals surface area contributed by atoms with Crippen molar-refractivity contribution in [3.63, 3.8) is 0 Å². The minimum Gasteiger partial charge on any atom is -0.368 e. The second-order valence-electron chi connectivity index (χ2n) is 6.13. The molecule has 4 nitrogen and oxygen atoms in total. The first kappa shape index (κ1) is 16.7. The van der Waals surface area contributed by atoms with E-state index in [1.54, 1.807) is 0 Å². The summed E-state index contributed by atoms with van der Waals surface area (Å²) in [7, 11) is 4.26. The highest BCUT2D eigenvalue weighted by molar-refractivity contribution is 9.10. The van der Waals surface area contributed by atoms with E-state index in [9.17, 15) is 0 Å². The van der Waals surface area contributed by atoms with Crippen LogP contribution in [-0.2, 0) is 0 Å². The van der Waals surface area contributed by atoms with Gasteiger partial charge in [-0.15, -0.1) is 0 Å². The predicted molar refractivity (Wildman–Crippen MR) is 94.0 cm³/mol. The molecule has 0 spiro atoms. The van der Waals surface area contributed by atoms with E-state index in [0.717, 1.165) is 43.7 Å². The fourth-order valence-electron chi connectivity index (χ4n) is 2.62. The molecule has 0 aromatic heterocycles. The Morgan fingerprint density at radius 3 is 2.43 bits per heavy atom. The molecule has 1 atom stereocenters. The van der Waals surface area contributed by atoms with Crippen LogP contribution in [0.3, 0.4) is 0 Å². The number of nitrogens with zero attached hydrogens (tertiary/aromatic N) is 3. The molecule has 0 saturated carbocycles. The van der Waals surface area contributed by atoms with Crippen molar-refractivity contribution in [3.8, 4) is 0 Å². The molecular formula is C16H27BrN4. The first-order valence-electron chi connectivity index (χ1n) is 7.64. The topological polar surface area (TPSA) is 35.7 Å². The van der Waals surface area contributed by atoms with Gasteiger partial charge in [0.2, 0.25) is 0 Å². The molecule has 0 aliphatic carbocycles. The molecule has 1 unspecified atom stereocenters. The number of halogens is 1. The lowest BCUT2D eigenvalue weighted by Crippen LogP contribution is -2.48. The third-order valence-corrected chi connectivity index (χ3v) is 4.71. The Kier molecular flexibility index (Phi) is 6.05. The van der Waals surface area contributed by atoms with Gasteiger partial charge in [-0.1, -0.05) is 6.07 Å². The second kappa shape index (κ2) is 7.58. The highest BCUT2D eigenvalue weighted by Crippen LogP contribution is 2.29. The van der Waals surface area contributed by atoms with Crippen LogP contribution in [0.5, 0.6) is 0 Å². The third kappa shape index (κ3) is 4.68. The predicted octanol–water partition coefficient (Wildman–Crippen LogP) is 2.15. The van der Waals surface area contributed by atoms with Crippen molar-refractivity contribution >= 4 is 21.6 Å². The first-order chi connectivity index (χ1) is 9.97. The molecule has 1 aliphatic rings. The molecule has 1 fully saturated rings. The number of rotatable bonds is 5. The molecule has 1 saturated heterocycles. The summed E-state index contributed by atoms with van der Waals surface area (Å²) < 4.78 is 1.15. The summed E-state index contributed by atoms with van der Waals surface area (Å²) in [6, 6.07) is 6.57. The van der Waals surface area contributed by atoms with Crippen LogP contribution < -0.4 is 10.6 Å². The molecule has 118 valence electrons. The largest absolute Gasteiger partial charge is 0.368 e. The number of hydrogen-bond acceptors (Lipinski definition) is 4. The summed E-state index contributed by atoms with van der Waals surface area (Å²) in [6.07, 6.45) is 0. The SMILES string of the molecule is CC(N)c1ccc(N2CCN(CCN(C)C)CC2)c(Br)c1. The van der Waals surface area contributed by atoms with Gasteiger partial charge in [0, 0.05) is 49.8 Å². The van der Waals surface area contributed by atoms with Gasteiger partial charge >= 0.3 is 0 Å². The summed E-state index contributed by atoms with van der Waals surface area (Å²) >= 11 is 3.70. The average Bonchev–Trinajstić information content (AvgIpc) is 2.45. The number of hydrogen-bond donors (Lipinski definition) is 1. The Labute approximate surface area is 137 Å². The summed E-state index contributed by atoms with van der Waals surface area (Å²) in [4.78, 5) is 7.25. The second-order valence-corrected chi connectivity index (χ2v) is 6.99. The van der Waals surface area contributed by atoms with Gasteiger partial charge in [0.25, 0.3) is 0 Å². The summed E-state index contributed by atoms with van der Waals surface area (Å²) in [6.45, 7) is 8.75. The lowest BCUT2D eigenvalue weighted by molar-refractivity contribution is 0.229. The number of benzene rings is 1. The Balaban J connectivity index is 1.93. The van der Waals surface area contributed by atoms with E-state index in [1.165, 1.54) is 11.3 Å². The number of likely N-dealkylation sites (N-methyl/N-ethyl adjacent to an activating group) is 1. The lowest BCUT2D eigenvalue weighted by atomic mass is 10.1. The standard InChI is InChI=1S/C16H27BrN4/c1-13(18)14-4-5-16(15(17)12-14)21-10-8-20(9-11-21)7-6-19(2)3/h4-5,12-13H,6-11,18H2,1-3H3.